The van der Waals surface area contributed by atoms with Crippen LogP contribution < -0.4 is 0 Å². The number of rotatable bonds is 1. The molecule has 26 heavy (non-hydrogen) atoms. The highest BCUT2D eigenvalue weighted by atomic mass is 16.3. The van der Waals surface area contributed by atoms with Gasteiger partial charge in [-0.1, -0.05) is 60.7 Å². The van der Waals surface area contributed by atoms with E-state index in [9.17, 15) is 10.2 Å². The first kappa shape index (κ1) is 13.7. The summed E-state index contributed by atoms with van der Waals surface area (Å²) in [5.74, 6) is -0.0744. The number of fused-ring (bicyclic) bond motifs is 3. The number of hydrogen-bond acceptors (Lipinski definition) is 2. The molecule has 0 radical (unpaired) electrons. The minimum absolute atomic E-state index is 0.0364. The summed E-state index contributed by atoms with van der Waals surface area (Å²) >= 11 is 0. The fourth-order valence-electron chi connectivity index (χ4n) is 4.36. The topological polar surface area (TPSA) is 40.5 Å². The van der Waals surface area contributed by atoms with Gasteiger partial charge in [0.25, 0.3) is 0 Å². The van der Waals surface area contributed by atoms with Crippen LogP contribution in [0.15, 0.2) is 72.8 Å². The van der Waals surface area contributed by atoms with Crippen LogP contribution in [0.3, 0.4) is 0 Å². The molecule has 0 aliphatic carbocycles. The van der Waals surface area contributed by atoms with Crippen LogP contribution in [0.2, 0.25) is 0 Å². The van der Waals surface area contributed by atoms with Crippen molar-refractivity contribution in [3.05, 3.63) is 72.8 Å². The molecule has 7 aromatic carbocycles. The normalized spacial score (nSPS) is 12.2. The number of benzene rings is 7. The lowest BCUT2D eigenvalue weighted by atomic mass is 9.88. The summed E-state index contributed by atoms with van der Waals surface area (Å²) in [7, 11) is 0. The van der Waals surface area contributed by atoms with Gasteiger partial charge in [0.1, 0.15) is 0 Å². The molecule has 0 saturated heterocycles. The molecule has 0 spiro atoms. The monoisotopic (exact) mass is 334 g/mol. The van der Waals surface area contributed by atoms with Crippen molar-refractivity contribution in [2.45, 2.75) is 0 Å². The van der Waals surface area contributed by atoms with E-state index in [1.807, 2.05) is 18.2 Å². The quantitative estimate of drug-likeness (QED) is 0.275. The Balaban J connectivity index is 1.82. The predicted octanol–water partition coefficient (Wildman–Crippen LogP) is 6.25. The van der Waals surface area contributed by atoms with Gasteiger partial charge in [-0.25, -0.2) is 0 Å². The standard InChI is InChI=1S/C24H14O2/c25-23-16-8-11-19(24(23)26)20(12-16)17-9-6-15-5-4-13-2-1-3-14-7-10-18(17)22(15)21(13)14/h1-12,25-26H. The molecule has 0 amide bonds. The molecule has 0 aliphatic heterocycles. The molecule has 0 aliphatic rings. The van der Waals surface area contributed by atoms with E-state index in [0.29, 0.717) is 10.8 Å². The van der Waals surface area contributed by atoms with Crippen molar-refractivity contribution in [3.63, 3.8) is 0 Å². The zero-order chi connectivity index (χ0) is 17.4. The average Bonchev–Trinajstić information content (AvgIpc) is 2.69. The van der Waals surface area contributed by atoms with Gasteiger partial charge >= 0.3 is 0 Å². The van der Waals surface area contributed by atoms with Crippen LogP contribution in [0.5, 0.6) is 11.5 Å². The predicted molar refractivity (Wildman–Crippen MR) is 108 cm³/mol. The third kappa shape index (κ3) is 1.56. The molecule has 0 heterocycles. The molecular formula is C24H14O2. The number of aromatic hydroxyl groups is 2. The molecule has 2 heteroatoms. The summed E-state index contributed by atoms with van der Waals surface area (Å²) in [6.45, 7) is 0. The lowest BCUT2D eigenvalue weighted by Gasteiger charge is -2.17. The Bertz CT molecular complexity index is 1430. The van der Waals surface area contributed by atoms with Crippen molar-refractivity contribution in [1.82, 2.24) is 0 Å². The van der Waals surface area contributed by atoms with Crippen molar-refractivity contribution < 1.29 is 10.2 Å². The molecule has 2 nitrogen and oxygen atoms in total. The van der Waals surface area contributed by atoms with Crippen molar-refractivity contribution in [2.24, 2.45) is 0 Å². The Morgan fingerprint density at radius 3 is 1.85 bits per heavy atom. The minimum Gasteiger partial charge on any atom is -0.504 e. The van der Waals surface area contributed by atoms with Crippen LogP contribution in [0.1, 0.15) is 0 Å². The van der Waals surface area contributed by atoms with E-state index in [1.54, 1.807) is 0 Å². The van der Waals surface area contributed by atoms with E-state index in [0.717, 1.165) is 11.1 Å². The minimum atomic E-state index is -0.0380. The number of phenols is 4. The molecule has 0 unspecified atom stereocenters. The van der Waals surface area contributed by atoms with Crippen LogP contribution in [-0.2, 0) is 0 Å². The van der Waals surface area contributed by atoms with Crippen molar-refractivity contribution in [2.75, 3.05) is 0 Å². The molecule has 0 atom stereocenters. The van der Waals surface area contributed by atoms with Gasteiger partial charge in [-0.15, -0.1) is 0 Å². The van der Waals surface area contributed by atoms with Crippen molar-refractivity contribution in [3.8, 4) is 22.6 Å². The molecule has 7 aromatic rings. The lowest BCUT2D eigenvalue weighted by molar-refractivity contribution is 0.411. The van der Waals surface area contributed by atoms with Gasteiger partial charge in [-0.2, -0.15) is 0 Å². The Morgan fingerprint density at radius 2 is 1.08 bits per heavy atom. The van der Waals surface area contributed by atoms with Gasteiger partial charge in [-0.05, 0) is 55.6 Å². The zero-order valence-electron chi connectivity index (χ0n) is 13.8. The van der Waals surface area contributed by atoms with Crippen LogP contribution in [0.25, 0.3) is 54.2 Å². The van der Waals surface area contributed by atoms with E-state index >= 15 is 0 Å². The second kappa shape index (κ2) is 4.55. The Morgan fingerprint density at radius 1 is 0.462 bits per heavy atom. The zero-order valence-corrected chi connectivity index (χ0v) is 13.8. The Kier molecular flexibility index (Phi) is 2.41. The Hall–Kier alpha value is -3.52. The molecule has 0 saturated carbocycles. The first-order valence-corrected chi connectivity index (χ1v) is 8.66. The largest absolute Gasteiger partial charge is 0.504 e. The van der Waals surface area contributed by atoms with Crippen LogP contribution in [0.4, 0.5) is 0 Å². The molecule has 7 rings (SSSR count). The maximum Gasteiger partial charge on any atom is 0.166 e. The maximum absolute atomic E-state index is 10.3. The van der Waals surface area contributed by atoms with Gasteiger partial charge < -0.3 is 10.2 Å². The third-order valence-corrected chi connectivity index (χ3v) is 5.59. The maximum atomic E-state index is 10.3. The van der Waals surface area contributed by atoms with Crippen LogP contribution >= 0.6 is 0 Å². The summed E-state index contributed by atoms with van der Waals surface area (Å²) in [6.07, 6.45) is 0. The summed E-state index contributed by atoms with van der Waals surface area (Å²) in [5, 5.41) is 29.1. The third-order valence-electron chi connectivity index (χ3n) is 5.59. The first-order chi connectivity index (χ1) is 12.7. The molecule has 2 bridgehead atoms. The average molecular weight is 334 g/mol. The van der Waals surface area contributed by atoms with Gasteiger partial charge in [0.2, 0.25) is 0 Å². The van der Waals surface area contributed by atoms with E-state index in [1.165, 1.54) is 32.3 Å². The molecule has 0 fully saturated rings. The van der Waals surface area contributed by atoms with Gasteiger partial charge in [0.05, 0.1) is 0 Å². The smallest absolute Gasteiger partial charge is 0.166 e. The summed E-state index contributed by atoms with van der Waals surface area (Å²) < 4.78 is 0. The molecule has 122 valence electrons. The second-order valence-corrected chi connectivity index (χ2v) is 6.93. The first-order valence-electron chi connectivity index (χ1n) is 8.66. The molecule has 2 N–H and O–H groups in total. The summed E-state index contributed by atoms with van der Waals surface area (Å²) in [6, 6.07) is 25.0. The fourth-order valence-corrected chi connectivity index (χ4v) is 4.36. The Labute approximate surface area is 149 Å². The summed E-state index contributed by atoms with van der Waals surface area (Å²) in [4.78, 5) is 0. The van der Waals surface area contributed by atoms with E-state index in [2.05, 4.69) is 54.6 Å². The highest BCUT2D eigenvalue weighted by molar-refractivity contribution is 6.26. The van der Waals surface area contributed by atoms with Crippen LogP contribution in [-0.4, -0.2) is 10.2 Å². The molecular weight excluding hydrogens is 320 g/mol. The highest BCUT2D eigenvalue weighted by Gasteiger charge is 2.18. The van der Waals surface area contributed by atoms with E-state index < -0.39 is 0 Å². The van der Waals surface area contributed by atoms with Gasteiger partial charge in [0, 0.05) is 10.8 Å². The fraction of sp³-hybridized carbons (Fsp3) is 0. The van der Waals surface area contributed by atoms with Crippen molar-refractivity contribution >= 4 is 43.1 Å². The van der Waals surface area contributed by atoms with Crippen molar-refractivity contribution in [1.29, 1.82) is 0 Å². The highest BCUT2D eigenvalue weighted by Crippen LogP contribution is 2.46. The number of hydrogen-bond donors (Lipinski definition) is 2. The molecule has 0 aromatic heterocycles. The number of phenolic OH excluding ortho intramolecular Hbond substituents is 2. The van der Waals surface area contributed by atoms with Crippen LogP contribution in [0, 0.1) is 0 Å². The van der Waals surface area contributed by atoms with E-state index in [-0.39, 0.29) is 11.5 Å². The van der Waals surface area contributed by atoms with E-state index in [4.69, 9.17) is 0 Å². The second-order valence-electron chi connectivity index (χ2n) is 6.93. The van der Waals surface area contributed by atoms with Gasteiger partial charge in [0.15, 0.2) is 11.5 Å². The summed E-state index contributed by atoms with van der Waals surface area (Å²) in [5.41, 5.74) is 2.03. The lowest BCUT2D eigenvalue weighted by Crippen LogP contribution is -1.89. The van der Waals surface area contributed by atoms with Gasteiger partial charge in [-0.3, -0.25) is 0 Å². The SMILES string of the molecule is Oc1c(O)c2ccc1cc2-c1ccc2ccc3cccc4ccc1c2c34.